The lowest BCUT2D eigenvalue weighted by Gasteiger charge is -2.26. The predicted octanol–water partition coefficient (Wildman–Crippen LogP) is 1.20. The van der Waals surface area contributed by atoms with Gasteiger partial charge in [-0.2, -0.15) is 0 Å². The first-order valence-electron chi connectivity index (χ1n) is 3.56. The number of hydrogen-bond donors (Lipinski definition) is 0. The van der Waals surface area contributed by atoms with E-state index in [1.807, 2.05) is 0 Å². The van der Waals surface area contributed by atoms with E-state index in [4.69, 9.17) is 0 Å². The lowest BCUT2D eigenvalue weighted by molar-refractivity contribution is 0.497. The van der Waals surface area contributed by atoms with Gasteiger partial charge in [0.25, 0.3) is 0 Å². The summed E-state index contributed by atoms with van der Waals surface area (Å²) in [7, 11) is 0. The van der Waals surface area contributed by atoms with Gasteiger partial charge in [-0.1, -0.05) is 6.07 Å². The molecule has 0 radical (unpaired) electrons. The van der Waals surface area contributed by atoms with Gasteiger partial charge in [0.05, 0.1) is 10.4 Å². The molecule has 12 heavy (non-hydrogen) atoms. The van der Waals surface area contributed by atoms with Crippen LogP contribution in [0.3, 0.4) is 0 Å². The fraction of sp³-hybridized carbons (Fsp3) is 0.375. The highest BCUT2D eigenvalue weighted by atomic mass is 32.2. The van der Waals surface area contributed by atoms with Crippen LogP contribution in [-0.4, -0.2) is 13.7 Å². The Labute approximate surface area is 74.1 Å². The van der Waals surface area contributed by atoms with E-state index in [2.05, 4.69) is 4.98 Å². The molecular weight excluding hydrogens is 174 g/mol. The molecule has 1 unspecified atom stereocenters. The first kappa shape index (κ1) is 9.35. The average Bonchev–Trinajstić information content (AvgIpc) is 2.06. The molecule has 1 aromatic heterocycles. The highest BCUT2D eigenvalue weighted by Crippen LogP contribution is 2.23. The molecule has 4 heteroatoms. The second-order valence-electron chi connectivity index (χ2n) is 2.96. The number of pyridine rings is 1. The zero-order valence-corrected chi connectivity index (χ0v) is 7.80. The zero-order valence-electron chi connectivity index (χ0n) is 6.98. The van der Waals surface area contributed by atoms with Crippen LogP contribution in [0.1, 0.15) is 19.5 Å². The molecule has 0 bridgehead atoms. The first-order chi connectivity index (χ1) is 5.55. The zero-order chi connectivity index (χ0) is 9.19. The molecule has 66 valence electrons. The van der Waals surface area contributed by atoms with Crippen molar-refractivity contribution in [2.45, 2.75) is 18.6 Å². The Morgan fingerprint density at radius 3 is 2.58 bits per heavy atom. The first-order valence-corrected chi connectivity index (χ1v) is 4.63. The van der Waals surface area contributed by atoms with Crippen molar-refractivity contribution in [1.29, 1.82) is 0 Å². The van der Waals surface area contributed by atoms with Crippen molar-refractivity contribution in [3.8, 4) is 0 Å². The van der Waals surface area contributed by atoms with Gasteiger partial charge in [0.1, 0.15) is 0 Å². The maximum atomic E-state index is 10.8. The maximum Gasteiger partial charge on any atom is 0.0691 e. The van der Waals surface area contributed by atoms with Crippen molar-refractivity contribution >= 4 is 11.1 Å². The molecule has 0 spiro atoms. The van der Waals surface area contributed by atoms with Gasteiger partial charge in [0.2, 0.25) is 0 Å². The van der Waals surface area contributed by atoms with E-state index in [1.54, 1.807) is 38.2 Å². The molecule has 1 atom stereocenters. The number of nitrogens with zero attached hydrogens (tertiary/aromatic N) is 1. The van der Waals surface area contributed by atoms with Crippen molar-refractivity contribution in [3.63, 3.8) is 0 Å². The summed E-state index contributed by atoms with van der Waals surface area (Å²) in [6.45, 7) is 3.25. The van der Waals surface area contributed by atoms with Crippen LogP contribution in [0.15, 0.2) is 24.4 Å². The molecule has 0 amide bonds. The van der Waals surface area contributed by atoms with Gasteiger partial charge >= 0.3 is 0 Å². The normalized spacial score (nSPS) is 14.2. The Morgan fingerprint density at radius 2 is 2.17 bits per heavy atom. The standard InChI is InChI=1S/C8H11NO2S/c1-8(2,12(10)11)7-5-3-4-6-9-7/h3-6H,1-2H3,(H,10,11)/p-1. The van der Waals surface area contributed by atoms with Gasteiger partial charge in [-0.3, -0.25) is 9.19 Å². The van der Waals surface area contributed by atoms with E-state index in [9.17, 15) is 8.76 Å². The Balaban J connectivity index is 3.06. The van der Waals surface area contributed by atoms with E-state index in [-0.39, 0.29) is 0 Å². The van der Waals surface area contributed by atoms with Crippen LogP contribution in [0, 0.1) is 0 Å². The molecule has 0 saturated carbocycles. The topological polar surface area (TPSA) is 53.0 Å². The molecule has 0 saturated heterocycles. The quantitative estimate of drug-likeness (QED) is 0.649. The van der Waals surface area contributed by atoms with Crippen LogP contribution in [0.4, 0.5) is 0 Å². The molecule has 0 aliphatic rings. The molecule has 1 heterocycles. The third kappa shape index (κ3) is 1.70. The van der Waals surface area contributed by atoms with Crippen LogP contribution in [0.5, 0.6) is 0 Å². The molecule has 0 N–H and O–H groups in total. The number of hydrogen-bond acceptors (Lipinski definition) is 3. The molecule has 0 aliphatic carbocycles. The molecule has 1 rings (SSSR count). The fourth-order valence-electron chi connectivity index (χ4n) is 0.804. The van der Waals surface area contributed by atoms with E-state index in [1.165, 1.54) is 0 Å². The monoisotopic (exact) mass is 184 g/mol. The Kier molecular flexibility index (Phi) is 2.59. The summed E-state index contributed by atoms with van der Waals surface area (Å²) >= 11 is -2.14. The van der Waals surface area contributed by atoms with Crippen molar-refractivity contribution in [2.24, 2.45) is 0 Å². The van der Waals surface area contributed by atoms with Crippen LogP contribution >= 0.6 is 0 Å². The fourth-order valence-corrected chi connectivity index (χ4v) is 1.10. The lowest BCUT2D eigenvalue weighted by atomic mass is 10.1. The summed E-state index contributed by atoms with van der Waals surface area (Å²) in [6, 6.07) is 5.24. The van der Waals surface area contributed by atoms with Crippen LogP contribution in [0.25, 0.3) is 0 Å². The second-order valence-corrected chi connectivity index (χ2v) is 4.45. The van der Waals surface area contributed by atoms with Gasteiger partial charge in [-0.25, -0.2) is 0 Å². The van der Waals surface area contributed by atoms with Crippen molar-refractivity contribution < 1.29 is 8.76 Å². The summed E-state index contributed by atoms with van der Waals surface area (Å²) in [5, 5.41) is 0. The molecule has 1 aromatic rings. The molecule has 0 fully saturated rings. The Bertz CT molecular complexity index is 284. The number of aromatic nitrogens is 1. The van der Waals surface area contributed by atoms with Crippen LogP contribution in [-0.2, 0) is 15.8 Å². The largest absolute Gasteiger partial charge is 0.772 e. The summed E-state index contributed by atoms with van der Waals surface area (Å²) in [5.41, 5.74) is 0.568. The van der Waals surface area contributed by atoms with Gasteiger partial charge in [0, 0.05) is 6.20 Å². The molecule has 0 aliphatic heterocycles. The van der Waals surface area contributed by atoms with Crippen LogP contribution in [0.2, 0.25) is 0 Å². The van der Waals surface area contributed by atoms with Crippen LogP contribution < -0.4 is 0 Å². The molecule has 3 nitrogen and oxygen atoms in total. The van der Waals surface area contributed by atoms with Gasteiger partial charge in [-0.15, -0.1) is 0 Å². The summed E-state index contributed by atoms with van der Waals surface area (Å²) in [5.74, 6) is 0. The van der Waals surface area contributed by atoms with Gasteiger partial charge in [-0.05, 0) is 37.1 Å². The second kappa shape index (κ2) is 3.33. The van der Waals surface area contributed by atoms with E-state index in [0.717, 1.165) is 0 Å². The van der Waals surface area contributed by atoms with Crippen molar-refractivity contribution in [2.75, 3.05) is 0 Å². The van der Waals surface area contributed by atoms with E-state index < -0.39 is 15.8 Å². The number of rotatable bonds is 2. The van der Waals surface area contributed by atoms with Gasteiger partial charge < -0.3 is 4.55 Å². The highest BCUT2D eigenvalue weighted by molar-refractivity contribution is 7.80. The minimum Gasteiger partial charge on any atom is -0.772 e. The van der Waals surface area contributed by atoms with Gasteiger partial charge in [0.15, 0.2) is 0 Å². The molecule has 0 aromatic carbocycles. The minimum absolute atomic E-state index is 0.568. The third-order valence-electron chi connectivity index (χ3n) is 1.70. The maximum absolute atomic E-state index is 10.8. The SMILES string of the molecule is CC(C)(c1ccccn1)S(=O)[O-]. The summed E-state index contributed by atoms with van der Waals surface area (Å²) < 4.78 is 20.7. The lowest BCUT2D eigenvalue weighted by Crippen LogP contribution is -2.24. The predicted molar refractivity (Wildman–Crippen MR) is 46.2 cm³/mol. The van der Waals surface area contributed by atoms with E-state index >= 15 is 0 Å². The minimum atomic E-state index is -2.14. The average molecular weight is 184 g/mol. The van der Waals surface area contributed by atoms with Crippen molar-refractivity contribution in [1.82, 2.24) is 4.98 Å². The highest BCUT2D eigenvalue weighted by Gasteiger charge is 2.22. The Morgan fingerprint density at radius 1 is 1.50 bits per heavy atom. The molecular formula is C8H10NO2S-. The smallest absolute Gasteiger partial charge is 0.0691 e. The van der Waals surface area contributed by atoms with E-state index in [0.29, 0.717) is 5.69 Å². The van der Waals surface area contributed by atoms with Crippen molar-refractivity contribution in [3.05, 3.63) is 30.1 Å². The Hall–Kier alpha value is -0.740. The summed E-state index contributed by atoms with van der Waals surface area (Å²) in [4.78, 5) is 3.98. The summed E-state index contributed by atoms with van der Waals surface area (Å²) in [6.07, 6.45) is 1.59. The third-order valence-corrected chi connectivity index (χ3v) is 2.74.